The van der Waals surface area contributed by atoms with Gasteiger partial charge in [0.05, 0.1) is 4.91 Å². The molecule has 1 heterocycles. The van der Waals surface area contributed by atoms with Gasteiger partial charge in [-0.1, -0.05) is 49.0 Å². The minimum absolute atomic E-state index is 0.0396. The Bertz CT molecular complexity index is 911. The fraction of sp³-hybridized carbons (Fsp3) is 0.227. The molecule has 0 bridgehead atoms. The first-order chi connectivity index (χ1) is 14.0. The van der Waals surface area contributed by atoms with E-state index in [2.05, 4.69) is 5.32 Å². The lowest BCUT2D eigenvalue weighted by atomic mass is 10.1. The van der Waals surface area contributed by atoms with Gasteiger partial charge < -0.3 is 10.4 Å². The van der Waals surface area contributed by atoms with E-state index in [0.717, 1.165) is 29.7 Å². The Kier molecular flexibility index (Phi) is 7.43. The summed E-state index contributed by atoms with van der Waals surface area (Å²) in [4.78, 5) is 27.3. The Morgan fingerprint density at radius 3 is 2.52 bits per heavy atom. The van der Waals surface area contributed by atoms with Crippen LogP contribution >= 0.6 is 24.0 Å². The van der Waals surface area contributed by atoms with Crippen molar-refractivity contribution in [1.29, 1.82) is 0 Å². The number of benzene rings is 2. The topological polar surface area (TPSA) is 69.6 Å². The van der Waals surface area contributed by atoms with Crippen LogP contribution in [0.2, 0.25) is 0 Å². The van der Waals surface area contributed by atoms with Gasteiger partial charge in [-0.05, 0) is 60.5 Å². The van der Waals surface area contributed by atoms with Gasteiger partial charge in [0.2, 0.25) is 5.91 Å². The second kappa shape index (κ2) is 10.2. The molecule has 0 radical (unpaired) electrons. The van der Waals surface area contributed by atoms with Crippen LogP contribution in [0.5, 0.6) is 5.75 Å². The normalized spacial score (nSPS) is 15.2. The lowest BCUT2D eigenvalue weighted by Crippen LogP contribution is -2.28. The molecule has 150 valence electrons. The fourth-order valence-corrected chi connectivity index (χ4v) is 4.18. The Morgan fingerprint density at radius 1 is 1.07 bits per heavy atom. The van der Waals surface area contributed by atoms with Gasteiger partial charge in [-0.3, -0.25) is 14.5 Å². The number of hydrogen-bond donors (Lipinski definition) is 2. The van der Waals surface area contributed by atoms with Crippen molar-refractivity contribution in [3.63, 3.8) is 0 Å². The van der Waals surface area contributed by atoms with Gasteiger partial charge in [-0.2, -0.15) is 0 Å². The maximum absolute atomic E-state index is 12.3. The van der Waals surface area contributed by atoms with E-state index in [1.807, 2.05) is 36.4 Å². The summed E-state index contributed by atoms with van der Waals surface area (Å²) in [5, 5.41) is 12.0. The number of anilines is 1. The summed E-state index contributed by atoms with van der Waals surface area (Å²) in [6.07, 6.45) is 4.71. The summed E-state index contributed by atoms with van der Waals surface area (Å²) in [5.74, 6) is 0.101. The number of thioether (sulfide) groups is 1. The summed E-state index contributed by atoms with van der Waals surface area (Å²) in [6, 6.07) is 16.2. The molecule has 1 aliphatic heterocycles. The zero-order valence-corrected chi connectivity index (χ0v) is 17.5. The molecule has 3 rings (SSSR count). The molecule has 0 spiro atoms. The second-order valence-electron chi connectivity index (χ2n) is 6.65. The van der Waals surface area contributed by atoms with Gasteiger partial charge >= 0.3 is 0 Å². The average molecular weight is 427 g/mol. The lowest BCUT2D eigenvalue weighted by Gasteiger charge is -2.14. The van der Waals surface area contributed by atoms with E-state index < -0.39 is 0 Å². The van der Waals surface area contributed by atoms with Gasteiger partial charge in [-0.15, -0.1) is 0 Å². The van der Waals surface area contributed by atoms with E-state index in [1.165, 1.54) is 23.9 Å². The number of thiocarbonyl (C=S) groups is 1. The molecule has 2 aromatic rings. The molecule has 1 fully saturated rings. The summed E-state index contributed by atoms with van der Waals surface area (Å²) < 4.78 is 0. The number of nitrogens with one attached hydrogen (secondary N) is 1. The molecule has 29 heavy (non-hydrogen) atoms. The number of carbonyl (C=O) groups is 2. The van der Waals surface area contributed by atoms with Crippen LogP contribution in [0.15, 0.2) is 59.5 Å². The Labute approximate surface area is 179 Å². The van der Waals surface area contributed by atoms with Crippen molar-refractivity contribution in [2.75, 3.05) is 11.9 Å². The smallest absolute Gasteiger partial charge is 0.291 e. The molecule has 0 saturated carbocycles. The van der Waals surface area contributed by atoms with Crippen LogP contribution in [0.1, 0.15) is 31.2 Å². The van der Waals surface area contributed by atoms with Crippen molar-refractivity contribution in [1.82, 2.24) is 4.90 Å². The molecule has 0 aromatic heterocycles. The zero-order valence-electron chi connectivity index (χ0n) is 15.8. The standard InChI is InChI=1S/C22H22N2O3S2/c25-18-12-10-17(11-13-18)23-20(26)9-5-2-6-14-24-21(28)19(29-22(24)27)15-16-7-3-1-4-8-16/h1,3-4,7-8,10-13,15,25H,2,5-6,9,14H2,(H,23,26)/b19-15+. The number of nitrogens with zero attached hydrogens (tertiary/aromatic N) is 1. The van der Waals surface area contributed by atoms with E-state index in [1.54, 1.807) is 17.0 Å². The van der Waals surface area contributed by atoms with Crippen LogP contribution < -0.4 is 5.32 Å². The fourth-order valence-electron chi connectivity index (χ4n) is 2.89. The largest absolute Gasteiger partial charge is 0.508 e. The Hall–Kier alpha value is -2.64. The average Bonchev–Trinajstić information content (AvgIpc) is 2.97. The molecule has 0 atom stereocenters. The van der Waals surface area contributed by atoms with E-state index in [4.69, 9.17) is 12.2 Å². The number of rotatable bonds is 8. The number of aromatic hydroxyl groups is 1. The van der Waals surface area contributed by atoms with Crippen molar-refractivity contribution in [3.8, 4) is 5.75 Å². The molecule has 2 amide bonds. The first-order valence-electron chi connectivity index (χ1n) is 9.42. The van der Waals surface area contributed by atoms with Crippen molar-refractivity contribution >= 4 is 51.9 Å². The summed E-state index contributed by atoms with van der Waals surface area (Å²) in [6.45, 7) is 0.566. The maximum atomic E-state index is 12.3. The maximum Gasteiger partial charge on any atom is 0.291 e. The molecule has 7 heteroatoms. The number of phenolic OH excluding ortho intramolecular Hbond substituents is 1. The predicted molar refractivity (Wildman–Crippen MR) is 122 cm³/mol. The number of carbonyl (C=O) groups excluding carboxylic acids is 2. The van der Waals surface area contributed by atoms with Crippen LogP contribution in [0, 0.1) is 0 Å². The molecule has 1 saturated heterocycles. The molecule has 0 aliphatic carbocycles. The Morgan fingerprint density at radius 2 is 1.79 bits per heavy atom. The lowest BCUT2D eigenvalue weighted by molar-refractivity contribution is -0.116. The summed E-state index contributed by atoms with van der Waals surface area (Å²) >= 11 is 6.65. The van der Waals surface area contributed by atoms with Crippen LogP contribution in [0.4, 0.5) is 10.5 Å². The molecule has 2 N–H and O–H groups in total. The first-order valence-corrected chi connectivity index (χ1v) is 10.6. The van der Waals surface area contributed by atoms with E-state index in [-0.39, 0.29) is 16.9 Å². The highest BCUT2D eigenvalue weighted by Gasteiger charge is 2.30. The summed E-state index contributed by atoms with van der Waals surface area (Å²) in [5.41, 5.74) is 1.68. The minimum Gasteiger partial charge on any atom is -0.508 e. The monoisotopic (exact) mass is 426 g/mol. The molecule has 5 nitrogen and oxygen atoms in total. The quantitative estimate of drug-likeness (QED) is 0.255. The SMILES string of the molecule is O=C(CCCCCN1C(=O)S/C(=C/c2ccccc2)C1=S)Nc1ccc(O)cc1. The number of unbranched alkanes of at least 4 members (excludes halogenated alkanes) is 2. The highest BCUT2D eigenvalue weighted by atomic mass is 32.2. The van der Waals surface area contributed by atoms with Crippen molar-refractivity contribution in [3.05, 3.63) is 65.1 Å². The van der Waals surface area contributed by atoms with E-state index in [0.29, 0.717) is 23.6 Å². The minimum atomic E-state index is -0.0629. The van der Waals surface area contributed by atoms with Gasteiger partial charge in [0.25, 0.3) is 5.24 Å². The van der Waals surface area contributed by atoms with Gasteiger partial charge in [0.1, 0.15) is 10.7 Å². The third-order valence-electron chi connectivity index (χ3n) is 4.41. The van der Waals surface area contributed by atoms with Crippen LogP contribution in [-0.2, 0) is 4.79 Å². The van der Waals surface area contributed by atoms with Crippen molar-refractivity contribution in [2.24, 2.45) is 0 Å². The Balaban J connectivity index is 1.39. The molecule has 2 aromatic carbocycles. The third kappa shape index (κ3) is 6.17. The molecular formula is C22H22N2O3S2. The molecular weight excluding hydrogens is 404 g/mol. The number of hydrogen-bond acceptors (Lipinski definition) is 5. The predicted octanol–water partition coefficient (Wildman–Crippen LogP) is 5.43. The van der Waals surface area contributed by atoms with Crippen LogP contribution in [0.3, 0.4) is 0 Å². The van der Waals surface area contributed by atoms with Gasteiger partial charge in [0, 0.05) is 18.7 Å². The highest BCUT2D eigenvalue weighted by molar-refractivity contribution is 8.19. The van der Waals surface area contributed by atoms with E-state index in [9.17, 15) is 14.7 Å². The molecule has 0 unspecified atom stereocenters. The van der Waals surface area contributed by atoms with Gasteiger partial charge in [-0.25, -0.2) is 0 Å². The van der Waals surface area contributed by atoms with Gasteiger partial charge in [0.15, 0.2) is 0 Å². The number of amides is 2. The van der Waals surface area contributed by atoms with Crippen LogP contribution in [-0.4, -0.2) is 32.7 Å². The van der Waals surface area contributed by atoms with Crippen molar-refractivity contribution < 1.29 is 14.7 Å². The number of phenols is 1. The first kappa shape index (κ1) is 21.1. The highest BCUT2D eigenvalue weighted by Crippen LogP contribution is 2.33. The second-order valence-corrected chi connectivity index (χ2v) is 8.03. The van der Waals surface area contributed by atoms with Crippen LogP contribution in [0.25, 0.3) is 6.08 Å². The van der Waals surface area contributed by atoms with Crippen molar-refractivity contribution in [2.45, 2.75) is 25.7 Å². The zero-order chi connectivity index (χ0) is 20.6. The third-order valence-corrected chi connectivity index (χ3v) is 5.90. The van der Waals surface area contributed by atoms with E-state index >= 15 is 0 Å². The molecule has 1 aliphatic rings. The summed E-state index contributed by atoms with van der Waals surface area (Å²) in [7, 11) is 0.